The van der Waals surface area contributed by atoms with Crippen LogP contribution in [0.1, 0.15) is 78.1 Å². The number of carbonyl (C=O) groups is 6. The first-order valence-corrected chi connectivity index (χ1v) is 22.2. The quantitative estimate of drug-likeness (QED) is 0.0318. The first-order chi connectivity index (χ1) is 33.9. The van der Waals surface area contributed by atoms with E-state index in [1.165, 1.54) is 0 Å². The molecule has 0 aromatic carbocycles. The number of aromatic nitrogens is 8. The maximum atomic E-state index is 13.0. The monoisotopic (exact) mass is 1100 g/mol. The lowest BCUT2D eigenvalue weighted by Gasteiger charge is -2.12. The van der Waals surface area contributed by atoms with Crippen molar-refractivity contribution in [3.05, 3.63) is 131 Å². The Morgan fingerprint density at radius 3 is 1.26 bits per heavy atom. The van der Waals surface area contributed by atoms with Crippen LogP contribution in [0.15, 0.2) is 63.1 Å². The molecule has 1 fully saturated rings. The molecule has 6 N–H and O–H groups in total. The lowest BCUT2D eigenvalue weighted by molar-refractivity contribution is -0.197. The van der Waals surface area contributed by atoms with Gasteiger partial charge in [-0.15, -0.1) is 5.06 Å². The second kappa shape index (κ2) is 32.7. The zero-order chi connectivity index (χ0) is 54.5. The number of halogens is 5. The van der Waals surface area contributed by atoms with E-state index in [9.17, 15) is 84.7 Å². The number of aliphatic carboxylic acids is 1. The Bertz CT molecular complexity index is 2960. The van der Waals surface area contributed by atoms with Gasteiger partial charge in [0.1, 0.15) is 0 Å². The van der Waals surface area contributed by atoms with Crippen LogP contribution >= 0.6 is 15.9 Å². The van der Waals surface area contributed by atoms with E-state index in [1.807, 2.05) is 16.9 Å². The summed E-state index contributed by atoms with van der Waals surface area (Å²) in [7, 11) is 0. The van der Waals surface area contributed by atoms with Crippen molar-refractivity contribution in [2.24, 2.45) is 0 Å². The van der Waals surface area contributed by atoms with E-state index in [-0.39, 0.29) is 76.5 Å². The molecule has 0 unspecified atom stereocenters. The Morgan fingerprint density at radius 1 is 0.556 bits per heavy atom. The van der Waals surface area contributed by atoms with Gasteiger partial charge in [0.05, 0.1) is 31.8 Å². The van der Waals surface area contributed by atoms with Gasteiger partial charge in [0.15, 0.2) is 0 Å². The van der Waals surface area contributed by atoms with Crippen LogP contribution in [0, 0.1) is 23.3 Å². The van der Waals surface area contributed by atoms with Crippen molar-refractivity contribution in [1.29, 1.82) is 0 Å². The van der Waals surface area contributed by atoms with Gasteiger partial charge in [0.25, 0.3) is 34.1 Å². The van der Waals surface area contributed by atoms with Crippen LogP contribution in [-0.4, -0.2) is 103 Å². The van der Waals surface area contributed by atoms with E-state index in [1.54, 1.807) is 21.9 Å². The van der Waals surface area contributed by atoms with Crippen molar-refractivity contribution < 1.29 is 65.7 Å². The summed E-state index contributed by atoms with van der Waals surface area (Å²) in [5, 5.41) is 9.63. The minimum Gasteiger partial charge on any atom is -0.481 e. The second-order valence-corrected chi connectivity index (χ2v) is 14.7. The predicted octanol–water partition coefficient (Wildman–Crippen LogP) is -0.450. The average molecular weight is 1100 g/mol. The number of amides is 2. The number of carbonyl (C=O) groups excluding carboxylic acids is 5. The lowest BCUT2D eigenvalue weighted by Crippen LogP contribution is -2.33. The van der Waals surface area contributed by atoms with Gasteiger partial charge in [-0.25, -0.2) is 24.0 Å². The molecule has 72 heavy (non-hydrogen) atoms. The largest absolute Gasteiger partial charge is 0.481 e. The minimum atomic E-state index is -1.12. The maximum absolute atomic E-state index is 13.0. The number of aryl methyl sites for hydroxylation is 3. The van der Waals surface area contributed by atoms with E-state index in [0.717, 1.165) is 44.0 Å². The number of nitrogens with one attached hydrogen (secondary N) is 5. The van der Waals surface area contributed by atoms with E-state index in [2.05, 4.69) is 25.5 Å². The van der Waals surface area contributed by atoms with Crippen molar-refractivity contribution in [2.45, 2.75) is 97.7 Å². The number of hydroxylamine groups is 2. The third-order valence-corrected chi connectivity index (χ3v) is 8.91. The summed E-state index contributed by atoms with van der Waals surface area (Å²) in [5.41, 5.74) is -7.19. The van der Waals surface area contributed by atoms with Crippen LogP contribution < -0.4 is 45.0 Å². The SMILES string of the molecule is CCOC(=O)CCCBr.CCOC(=O)CCCn1cc(F)c(=O)[nH]c1=O.O=C(CCCn1cc(F)c(=O)[nH]c1=O)ON1C(=O)CCC1=O.O=C(O)CCCn1cc(F)c(=O)[nH]c1=O.O=c1[nH]cc(F)c(=O)[nH]1. The standard InChI is InChI=1S/C12H12FN3O6.C10H13FN2O4.C8H9FN2O4.C6H11BrO2.C4H3FN2O2/c13-7-6-15(12(21)14-11(7)20)5-1-2-10(19)22-16-8(17)3-4-9(16)18;1-2-17-8(14)4-3-5-13-6-7(11)9(15)12-10(13)16;9-5-4-11(3-1-2-6(12)13)8(15)10-7(5)14;1-2-9-6(8)4-3-5-7;5-2-1-6-4(9)7-3(2)8/h6H,1-5H2,(H,14,20,21);6H,2-5H2,1H3,(H,12,15,16);4H,1-3H2,(H,12,13)(H,10,14,15);2-5H2,1H3;1H,(H2,6,7,8,9). The fourth-order valence-corrected chi connectivity index (χ4v) is 5.29. The highest BCUT2D eigenvalue weighted by Gasteiger charge is 2.32. The zero-order valence-electron chi connectivity index (χ0n) is 38.2. The number of rotatable bonds is 18. The Kier molecular flexibility index (Phi) is 28.1. The number of hydrogen-bond donors (Lipinski definition) is 6. The first-order valence-electron chi connectivity index (χ1n) is 21.0. The van der Waals surface area contributed by atoms with Gasteiger partial charge in [0, 0.05) is 69.7 Å². The molecule has 0 atom stereocenters. The van der Waals surface area contributed by atoms with Crippen LogP contribution in [0.4, 0.5) is 17.6 Å². The van der Waals surface area contributed by atoms with Gasteiger partial charge in [0.2, 0.25) is 23.3 Å². The summed E-state index contributed by atoms with van der Waals surface area (Å²) in [6, 6.07) is 0. The van der Waals surface area contributed by atoms with Crippen molar-refractivity contribution in [3.8, 4) is 0 Å². The second-order valence-electron chi connectivity index (χ2n) is 13.9. The molecule has 4 aromatic rings. The molecular formula is C40H48BrF4N9O18. The smallest absolute Gasteiger partial charge is 0.333 e. The van der Waals surface area contributed by atoms with E-state index in [0.29, 0.717) is 37.3 Å². The molecule has 1 saturated heterocycles. The summed E-state index contributed by atoms with van der Waals surface area (Å²) in [5.74, 6) is -7.65. The topological polar surface area (TPSA) is 384 Å². The fourth-order valence-electron chi connectivity index (χ4n) is 5.01. The number of nitrogens with zero attached hydrogens (tertiary/aromatic N) is 4. The van der Waals surface area contributed by atoms with Crippen LogP contribution in [0.3, 0.4) is 0 Å². The highest BCUT2D eigenvalue weighted by Crippen LogP contribution is 2.13. The number of esters is 2. The molecule has 27 nitrogen and oxygen atoms in total. The van der Waals surface area contributed by atoms with Crippen LogP contribution in [-0.2, 0) is 62.7 Å². The number of carboxylic acid groups (broad SMARTS) is 1. The molecule has 4 aromatic heterocycles. The summed E-state index contributed by atoms with van der Waals surface area (Å²) in [4.78, 5) is 166. The van der Waals surface area contributed by atoms with Crippen LogP contribution in [0.5, 0.6) is 0 Å². The molecule has 0 bridgehead atoms. The molecule has 0 aliphatic carbocycles. The number of hydrogen-bond acceptors (Lipinski definition) is 17. The normalized spacial score (nSPS) is 11.3. The Labute approximate surface area is 407 Å². The highest BCUT2D eigenvalue weighted by atomic mass is 79.9. The highest BCUT2D eigenvalue weighted by molar-refractivity contribution is 9.09. The molecule has 0 radical (unpaired) electrons. The molecule has 5 rings (SSSR count). The first kappa shape index (κ1) is 62.0. The zero-order valence-corrected chi connectivity index (χ0v) is 39.8. The molecule has 0 saturated carbocycles. The van der Waals surface area contributed by atoms with Gasteiger partial charge in [-0.1, -0.05) is 15.9 Å². The molecule has 396 valence electrons. The number of aromatic amines is 5. The van der Waals surface area contributed by atoms with E-state index < -0.39 is 92.0 Å². The number of H-pyrrole nitrogens is 5. The number of carboxylic acids is 1. The van der Waals surface area contributed by atoms with Crippen molar-refractivity contribution in [2.75, 3.05) is 18.5 Å². The molecule has 2 amide bonds. The predicted molar refractivity (Wildman–Crippen MR) is 240 cm³/mol. The van der Waals surface area contributed by atoms with Gasteiger partial charge in [-0.3, -0.25) is 76.8 Å². The molecule has 1 aliphatic rings. The molecule has 0 spiro atoms. The molecule has 32 heteroatoms. The van der Waals surface area contributed by atoms with Gasteiger partial charge in [-0.2, -0.15) is 17.6 Å². The summed E-state index contributed by atoms with van der Waals surface area (Å²) < 4.78 is 62.8. The van der Waals surface area contributed by atoms with E-state index >= 15 is 0 Å². The number of ether oxygens (including phenoxy) is 2. The summed E-state index contributed by atoms with van der Waals surface area (Å²) in [6.07, 6.45) is 4.88. The fraction of sp³-hybridized carbons (Fsp3) is 0.450. The van der Waals surface area contributed by atoms with Crippen LogP contribution in [0.2, 0.25) is 0 Å². The van der Waals surface area contributed by atoms with Crippen molar-refractivity contribution in [3.63, 3.8) is 0 Å². The van der Waals surface area contributed by atoms with Crippen LogP contribution in [0.25, 0.3) is 0 Å². The van der Waals surface area contributed by atoms with Gasteiger partial charge < -0.3 is 24.4 Å². The van der Waals surface area contributed by atoms with Crippen molar-refractivity contribution >= 4 is 51.6 Å². The minimum absolute atomic E-state index is 0.00182. The lowest BCUT2D eigenvalue weighted by atomic mass is 10.3. The number of imide groups is 1. The Balaban J connectivity index is 0.000000469. The Morgan fingerprint density at radius 2 is 0.917 bits per heavy atom. The summed E-state index contributed by atoms with van der Waals surface area (Å²) >= 11 is 3.22. The third kappa shape index (κ3) is 24.0. The van der Waals surface area contributed by atoms with Gasteiger partial charge >= 0.3 is 46.6 Å². The average Bonchev–Trinajstić information content (AvgIpc) is 3.62. The molecule has 5 heterocycles. The number of alkyl halides is 1. The third-order valence-electron chi connectivity index (χ3n) is 8.35. The molecule has 1 aliphatic heterocycles. The van der Waals surface area contributed by atoms with Crippen molar-refractivity contribution in [1.82, 2.24) is 43.7 Å². The molecular weight excluding hydrogens is 1050 g/mol. The summed E-state index contributed by atoms with van der Waals surface area (Å²) in [6.45, 7) is 4.45. The Hall–Kier alpha value is -8.06. The maximum Gasteiger partial charge on any atom is 0.333 e. The van der Waals surface area contributed by atoms with Gasteiger partial charge in [-0.05, 0) is 39.5 Å². The van der Waals surface area contributed by atoms with E-state index in [4.69, 9.17) is 9.84 Å².